The first-order valence-electron chi connectivity index (χ1n) is 14.4. The Morgan fingerprint density at radius 2 is 1.31 bits per heavy atom. The standard InChI is InChI=1S/C32H50/c1-3-4-5-6-26-13-17-29(18-14-26)31-21-23-32(24-22-31)30-19-15-28(16-20-30)12-11-27-9-7-25(2)8-10-27/h7-10,15,19,26,28-32H,3-6,11-14,16-18,20-24H2,1-2H3. The van der Waals surface area contributed by atoms with Gasteiger partial charge in [0.25, 0.3) is 0 Å². The Balaban J connectivity index is 1.14. The van der Waals surface area contributed by atoms with Gasteiger partial charge < -0.3 is 0 Å². The maximum atomic E-state index is 2.65. The smallest absolute Gasteiger partial charge is 0.0205 e. The van der Waals surface area contributed by atoms with E-state index in [2.05, 4.69) is 50.3 Å². The molecule has 0 aliphatic heterocycles. The van der Waals surface area contributed by atoms with Gasteiger partial charge in [0.1, 0.15) is 0 Å². The molecular formula is C32H50. The highest BCUT2D eigenvalue weighted by molar-refractivity contribution is 5.21. The minimum absolute atomic E-state index is 0.816. The number of allylic oxidation sites excluding steroid dienone is 2. The second-order valence-corrected chi connectivity index (χ2v) is 11.9. The van der Waals surface area contributed by atoms with Crippen LogP contribution < -0.4 is 0 Å². The van der Waals surface area contributed by atoms with Gasteiger partial charge in [0, 0.05) is 0 Å². The van der Waals surface area contributed by atoms with Crippen LogP contribution in [0.4, 0.5) is 0 Å². The van der Waals surface area contributed by atoms with Crippen molar-refractivity contribution in [1.82, 2.24) is 0 Å². The van der Waals surface area contributed by atoms with E-state index in [1.54, 1.807) is 25.7 Å². The van der Waals surface area contributed by atoms with Crippen LogP contribution in [0.1, 0.15) is 114 Å². The Morgan fingerprint density at radius 1 is 0.656 bits per heavy atom. The summed E-state index contributed by atoms with van der Waals surface area (Å²) in [4.78, 5) is 0. The number of hydrogen-bond donors (Lipinski definition) is 0. The zero-order chi connectivity index (χ0) is 22.2. The molecule has 3 aliphatic carbocycles. The van der Waals surface area contributed by atoms with Crippen LogP contribution in [-0.2, 0) is 6.42 Å². The predicted molar refractivity (Wildman–Crippen MR) is 140 cm³/mol. The Labute approximate surface area is 199 Å². The molecule has 3 aliphatic rings. The highest BCUT2D eigenvalue weighted by atomic mass is 14.4. The van der Waals surface area contributed by atoms with Crippen molar-refractivity contribution in [2.24, 2.45) is 35.5 Å². The molecule has 1 aromatic carbocycles. The molecule has 178 valence electrons. The van der Waals surface area contributed by atoms with Gasteiger partial charge in [0.2, 0.25) is 0 Å². The van der Waals surface area contributed by atoms with Crippen molar-refractivity contribution in [2.45, 2.75) is 117 Å². The molecule has 1 aromatic rings. The third-order valence-corrected chi connectivity index (χ3v) is 9.62. The number of hydrogen-bond acceptors (Lipinski definition) is 0. The normalized spacial score (nSPS) is 33.3. The van der Waals surface area contributed by atoms with Gasteiger partial charge in [-0.05, 0) is 112 Å². The fourth-order valence-electron chi connectivity index (χ4n) is 7.31. The van der Waals surface area contributed by atoms with Gasteiger partial charge in [0.15, 0.2) is 0 Å². The van der Waals surface area contributed by atoms with Crippen molar-refractivity contribution >= 4 is 0 Å². The fourth-order valence-corrected chi connectivity index (χ4v) is 7.31. The zero-order valence-electron chi connectivity index (χ0n) is 21.2. The molecule has 2 saturated carbocycles. The lowest BCUT2D eigenvalue weighted by Gasteiger charge is -2.40. The fraction of sp³-hybridized carbons (Fsp3) is 0.750. The first kappa shape index (κ1) is 24.1. The third-order valence-electron chi connectivity index (χ3n) is 9.62. The molecule has 0 N–H and O–H groups in total. The molecule has 2 fully saturated rings. The molecule has 0 spiro atoms. The van der Waals surface area contributed by atoms with Crippen molar-refractivity contribution in [1.29, 1.82) is 0 Å². The topological polar surface area (TPSA) is 0 Å². The lowest BCUT2D eigenvalue weighted by Crippen LogP contribution is -2.28. The van der Waals surface area contributed by atoms with Crippen LogP contribution in [0.15, 0.2) is 36.4 Å². The van der Waals surface area contributed by atoms with Gasteiger partial charge in [-0.1, -0.05) is 87.4 Å². The first-order chi connectivity index (χ1) is 15.7. The highest BCUT2D eigenvalue weighted by Crippen LogP contribution is 2.45. The monoisotopic (exact) mass is 434 g/mol. The SMILES string of the molecule is CCCCCC1CCC(C2CCC(C3C=CC(CCc4ccc(C)cc4)CC3)CC2)CC1. The molecule has 0 amide bonds. The Bertz CT molecular complexity index is 666. The van der Waals surface area contributed by atoms with E-state index in [-0.39, 0.29) is 0 Å². The van der Waals surface area contributed by atoms with Gasteiger partial charge in [-0.15, -0.1) is 0 Å². The van der Waals surface area contributed by atoms with Crippen LogP contribution >= 0.6 is 0 Å². The quantitative estimate of drug-likeness (QED) is 0.268. The molecule has 0 heterocycles. The summed E-state index contributed by atoms with van der Waals surface area (Å²) in [6, 6.07) is 9.17. The van der Waals surface area contributed by atoms with Crippen LogP contribution in [0.2, 0.25) is 0 Å². The maximum Gasteiger partial charge on any atom is -0.0205 e. The van der Waals surface area contributed by atoms with Crippen molar-refractivity contribution in [3.8, 4) is 0 Å². The molecule has 0 aromatic heterocycles. The van der Waals surface area contributed by atoms with Gasteiger partial charge in [-0.25, -0.2) is 0 Å². The highest BCUT2D eigenvalue weighted by Gasteiger charge is 2.33. The van der Waals surface area contributed by atoms with Crippen LogP contribution in [0.25, 0.3) is 0 Å². The Morgan fingerprint density at radius 3 is 1.94 bits per heavy atom. The van der Waals surface area contributed by atoms with Gasteiger partial charge in [-0.2, -0.15) is 0 Å². The van der Waals surface area contributed by atoms with Gasteiger partial charge in [0.05, 0.1) is 0 Å². The maximum absolute atomic E-state index is 2.65. The zero-order valence-corrected chi connectivity index (χ0v) is 21.2. The lowest BCUT2D eigenvalue weighted by molar-refractivity contribution is 0.127. The van der Waals surface area contributed by atoms with Crippen LogP contribution in [0, 0.1) is 42.4 Å². The molecule has 4 rings (SSSR count). The number of benzene rings is 1. The molecule has 2 atom stereocenters. The van der Waals surface area contributed by atoms with Crippen molar-refractivity contribution in [3.05, 3.63) is 47.5 Å². The van der Waals surface area contributed by atoms with Crippen molar-refractivity contribution < 1.29 is 0 Å². The summed E-state index contributed by atoms with van der Waals surface area (Å²) >= 11 is 0. The number of unbranched alkanes of at least 4 members (excludes halogenated alkanes) is 2. The molecule has 0 saturated heterocycles. The second-order valence-electron chi connectivity index (χ2n) is 11.9. The molecule has 0 nitrogen and oxygen atoms in total. The molecule has 0 bridgehead atoms. The summed E-state index contributed by atoms with van der Waals surface area (Å²) in [7, 11) is 0. The van der Waals surface area contributed by atoms with Crippen molar-refractivity contribution in [2.75, 3.05) is 0 Å². The van der Waals surface area contributed by atoms with E-state index < -0.39 is 0 Å². The number of rotatable bonds is 9. The average molecular weight is 435 g/mol. The van der Waals surface area contributed by atoms with Crippen LogP contribution in [0.5, 0.6) is 0 Å². The largest absolute Gasteiger partial charge is 0.0851 e. The molecule has 32 heavy (non-hydrogen) atoms. The summed E-state index contributed by atoms with van der Waals surface area (Å²) in [5.41, 5.74) is 2.89. The molecule has 2 unspecified atom stereocenters. The van der Waals surface area contributed by atoms with Crippen LogP contribution in [-0.4, -0.2) is 0 Å². The predicted octanol–water partition coefficient (Wildman–Crippen LogP) is 9.70. The molecular weight excluding hydrogens is 384 g/mol. The van der Waals surface area contributed by atoms with Crippen LogP contribution in [0.3, 0.4) is 0 Å². The first-order valence-corrected chi connectivity index (χ1v) is 14.4. The van der Waals surface area contributed by atoms with Crippen molar-refractivity contribution in [3.63, 3.8) is 0 Å². The Kier molecular flexibility index (Phi) is 9.36. The summed E-state index contributed by atoms with van der Waals surface area (Å²) in [6.45, 7) is 4.52. The minimum atomic E-state index is 0.816. The molecule has 0 heteroatoms. The second kappa shape index (κ2) is 12.4. The summed E-state index contributed by atoms with van der Waals surface area (Å²) in [5, 5.41) is 0. The van der Waals surface area contributed by atoms with Gasteiger partial charge in [-0.3, -0.25) is 0 Å². The van der Waals surface area contributed by atoms with Gasteiger partial charge >= 0.3 is 0 Å². The average Bonchev–Trinajstić information content (AvgIpc) is 2.85. The lowest BCUT2D eigenvalue weighted by atomic mass is 9.66. The van der Waals surface area contributed by atoms with E-state index in [0.29, 0.717) is 0 Å². The van der Waals surface area contributed by atoms with E-state index in [9.17, 15) is 0 Å². The third kappa shape index (κ3) is 6.98. The summed E-state index contributed by atoms with van der Waals surface area (Å²) < 4.78 is 0. The van der Waals surface area contributed by atoms with E-state index in [1.165, 1.54) is 88.2 Å². The van der Waals surface area contributed by atoms with E-state index in [4.69, 9.17) is 0 Å². The molecule has 0 radical (unpaired) electrons. The Hall–Kier alpha value is -1.04. The number of aryl methyl sites for hydroxylation is 2. The summed E-state index contributed by atoms with van der Waals surface area (Å²) in [5.74, 6) is 5.91. The van der Waals surface area contributed by atoms with E-state index >= 15 is 0 Å². The minimum Gasteiger partial charge on any atom is -0.0851 e. The van der Waals surface area contributed by atoms with E-state index in [1.807, 2.05) is 0 Å². The van der Waals surface area contributed by atoms with E-state index in [0.717, 1.165) is 35.5 Å². The summed E-state index contributed by atoms with van der Waals surface area (Å²) in [6.07, 6.45) is 28.9.